The Morgan fingerprint density at radius 2 is 1.95 bits per heavy atom. The number of anilines is 1. The van der Waals surface area contributed by atoms with Gasteiger partial charge in [0.25, 0.3) is 5.91 Å². The van der Waals surface area contributed by atoms with Gasteiger partial charge in [-0.3, -0.25) is 10.1 Å². The zero-order chi connectivity index (χ0) is 15.5. The number of hydrogen-bond acceptors (Lipinski definition) is 4. The van der Waals surface area contributed by atoms with E-state index in [1.165, 1.54) is 16.9 Å². The maximum Gasteiger partial charge on any atom is 0.264 e. The molecule has 2 aromatic rings. The number of benzene rings is 1. The topological polar surface area (TPSA) is 51.2 Å². The summed E-state index contributed by atoms with van der Waals surface area (Å²) in [5.74, 6) is 0.484. The molecule has 5 heteroatoms. The Morgan fingerprint density at radius 3 is 2.48 bits per heavy atom. The number of aromatic nitrogens is 1. The van der Waals surface area contributed by atoms with Crippen molar-refractivity contribution in [3.8, 4) is 5.75 Å². The first-order valence-corrected chi connectivity index (χ1v) is 7.68. The van der Waals surface area contributed by atoms with Gasteiger partial charge in [-0.05, 0) is 30.0 Å². The number of carbonyl (C=O) groups excluding carboxylic acids is 1. The van der Waals surface area contributed by atoms with Gasteiger partial charge in [0.1, 0.15) is 5.75 Å². The van der Waals surface area contributed by atoms with Crippen molar-refractivity contribution in [2.45, 2.75) is 33.1 Å². The van der Waals surface area contributed by atoms with E-state index in [9.17, 15) is 4.79 Å². The van der Waals surface area contributed by atoms with Crippen LogP contribution in [0.1, 0.15) is 32.0 Å². The van der Waals surface area contributed by atoms with Crippen LogP contribution in [0, 0.1) is 6.92 Å². The molecule has 112 valence electrons. The van der Waals surface area contributed by atoms with Gasteiger partial charge in [0.2, 0.25) is 0 Å². The summed E-state index contributed by atoms with van der Waals surface area (Å²) in [5, 5.41) is 5.20. The molecular weight excluding hydrogens is 284 g/mol. The predicted octanol–water partition coefficient (Wildman–Crippen LogP) is 3.77. The second-order valence-corrected chi connectivity index (χ2v) is 6.76. The molecule has 0 bridgehead atoms. The van der Waals surface area contributed by atoms with Crippen LogP contribution >= 0.6 is 11.3 Å². The number of rotatable bonds is 4. The number of ether oxygens (including phenoxy) is 1. The van der Waals surface area contributed by atoms with Crippen LogP contribution in [0.2, 0.25) is 0 Å². The molecule has 1 aromatic carbocycles. The molecule has 21 heavy (non-hydrogen) atoms. The Morgan fingerprint density at radius 1 is 1.29 bits per heavy atom. The molecule has 0 spiro atoms. The quantitative estimate of drug-likeness (QED) is 0.935. The number of amides is 1. The highest BCUT2D eigenvalue weighted by Gasteiger charge is 2.13. The van der Waals surface area contributed by atoms with Crippen LogP contribution < -0.4 is 10.1 Å². The fraction of sp³-hybridized carbons (Fsp3) is 0.375. The van der Waals surface area contributed by atoms with Gasteiger partial charge < -0.3 is 4.74 Å². The third kappa shape index (κ3) is 4.56. The number of carbonyl (C=O) groups is 1. The summed E-state index contributed by atoms with van der Waals surface area (Å²) in [5.41, 5.74) is 2.24. The maximum absolute atomic E-state index is 11.8. The van der Waals surface area contributed by atoms with Crippen molar-refractivity contribution in [2.75, 3.05) is 11.9 Å². The van der Waals surface area contributed by atoms with Gasteiger partial charge >= 0.3 is 0 Å². The van der Waals surface area contributed by atoms with Crippen molar-refractivity contribution in [1.82, 2.24) is 4.98 Å². The van der Waals surface area contributed by atoms with E-state index in [1.54, 1.807) is 0 Å². The number of thiazole rings is 1. The van der Waals surface area contributed by atoms with Crippen LogP contribution in [0.25, 0.3) is 0 Å². The van der Waals surface area contributed by atoms with Crippen molar-refractivity contribution < 1.29 is 9.53 Å². The largest absolute Gasteiger partial charge is 0.484 e. The second-order valence-electron chi connectivity index (χ2n) is 5.91. The standard InChI is InChI=1S/C16H20N2O2S/c1-11-10-21-15(17-11)18-14(19)9-20-13-7-5-12(6-8-13)16(2,3)4/h5-8,10H,9H2,1-4H3,(H,17,18,19). The summed E-state index contributed by atoms with van der Waals surface area (Å²) in [4.78, 5) is 15.9. The van der Waals surface area contributed by atoms with Crippen molar-refractivity contribution in [3.63, 3.8) is 0 Å². The zero-order valence-electron chi connectivity index (χ0n) is 12.8. The number of aryl methyl sites for hydroxylation is 1. The molecule has 1 N–H and O–H groups in total. The summed E-state index contributed by atoms with van der Waals surface area (Å²) in [6, 6.07) is 7.83. The minimum atomic E-state index is -0.204. The first-order chi connectivity index (χ1) is 9.84. The highest BCUT2D eigenvalue weighted by Crippen LogP contribution is 2.24. The van der Waals surface area contributed by atoms with E-state index in [1.807, 2.05) is 36.6 Å². The Kier molecular flexibility index (Phi) is 4.63. The van der Waals surface area contributed by atoms with Crippen LogP contribution in [-0.2, 0) is 10.2 Å². The minimum Gasteiger partial charge on any atom is -0.484 e. The molecule has 0 fully saturated rings. The van der Waals surface area contributed by atoms with Gasteiger partial charge in [-0.25, -0.2) is 4.98 Å². The molecule has 2 rings (SSSR count). The summed E-state index contributed by atoms with van der Waals surface area (Å²) in [7, 11) is 0. The lowest BCUT2D eigenvalue weighted by Crippen LogP contribution is -2.20. The lowest BCUT2D eigenvalue weighted by molar-refractivity contribution is -0.118. The fourth-order valence-corrected chi connectivity index (χ4v) is 2.47. The summed E-state index contributed by atoms with van der Waals surface area (Å²) in [6.45, 7) is 8.35. The Labute approximate surface area is 129 Å². The third-order valence-electron chi connectivity index (χ3n) is 2.96. The van der Waals surface area contributed by atoms with Gasteiger partial charge in [-0.2, -0.15) is 0 Å². The average molecular weight is 304 g/mol. The van der Waals surface area contributed by atoms with Gasteiger partial charge in [0.05, 0.1) is 5.69 Å². The van der Waals surface area contributed by atoms with Crippen molar-refractivity contribution in [1.29, 1.82) is 0 Å². The van der Waals surface area contributed by atoms with Crippen LogP contribution in [-0.4, -0.2) is 17.5 Å². The third-order valence-corrected chi connectivity index (χ3v) is 3.83. The molecular formula is C16H20N2O2S. The average Bonchev–Trinajstić information content (AvgIpc) is 2.81. The molecule has 1 aromatic heterocycles. The number of nitrogens with zero attached hydrogens (tertiary/aromatic N) is 1. The SMILES string of the molecule is Cc1csc(NC(=O)COc2ccc(C(C)(C)C)cc2)n1. The predicted molar refractivity (Wildman–Crippen MR) is 86.1 cm³/mol. The molecule has 0 saturated carbocycles. The molecule has 0 aliphatic heterocycles. The lowest BCUT2D eigenvalue weighted by Gasteiger charge is -2.19. The van der Waals surface area contributed by atoms with E-state index in [-0.39, 0.29) is 17.9 Å². The van der Waals surface area contributed by atoms with Crippen molar-refractivity contribution in [2.24, 2.45) is 0 Å². The van der Waals surface area contributed by atoms with E-state index < -0.39 is 0 Å². The van der Waals surface area contributed by atoms with Crippen molar-refractivity contribution >= 4 is 22.4 Å². The first kappa shape index (κ1) is 15.5. The van der Waals surface area contributed by atoms with Crippen LogP contribution in [0.15, 0.2) is 29.6 Å². The van der Waals surface area contributed by atoms with E-state index >= 15 is 0 Å². The molecule has 4 nitrogen and oxygen atoms in total. The summed E-state index contributed by atoms with van der Waals surface area (Å²) >= 11 is 1.41. The Hall–Kier alpha value is -1.88. The molecule has 0 saturated heterocycles. The van der Waals surface area contributed by atoms with Gasteiger partial charge in [-0.15, -0.1) is 11.3 Å². The molecule has 0 atom stereocenters. The molecule has 0 aliphatic rings. The van der Waals surface area contributed by atoms with Gasteiger partial charge in [-0.1, -0.05) is 32.9 Å². The molecule has 1 heterocycles. The Balaban J connectivity index is 1.86. The van der Waals surface area contributed by atoms with Crippen LogP contribution in [0.4, 0.5) is 5.13 Å². The van der Waals surface area contributed by atoms with Crippen molar-refractivity contribution in [3.05, 3.63) is 40.9 Å². The molecule has 0 unspecified atom stereocenters. The maximum atomic E-state index is 11.8. The normalized spacial score (nSPS) is 11.2. The highest BCUT2D eigenvalue weighted by molar-refractivity contribution is 7.13. The number of hydrogen-bond donors (Lipinski definition) is 1. The van der Waals surface area contributed by atoms with E-state index in [4.69, 9.17) is 4.74 Å². The number of nitrogens with one attached hydrogen (secondary N) is 1. The second kappa shape index (κ2) is 6.26. The summed E-state index contributed by atoms with van der Waals surface area (Å²) < 4.78 is 5.48. The van der Waals surface area contributed by atoms with E-state index in [0.717, 1.165) is 5.69 Å². The molecule has 0 aliphatic carbocycles. The smallest absolute Gasteiger partial charge is 0.264 e. The molecule has 0 radical (unpaired) electrons. The summed E-state index contributed by atoms with van der Waals surface area (Å²) in [6.07, 6.45) is 0. The lowest BCUT2D eigenvalue weighted by atomic mass is 9.87. The van der Waals surface area contributed by atoms with Crippen LogP contribution in [0.3, 0.4) is 0 Å². The zero-order valence-corrected chi connectivity index (χ0v) is 13.6. The van der Waals surface area contributed by atoms with Gasteiger partial charge in [0, 0.05) is 5.38 Å². The van der Waals surface area contributed by atoms with E-state index in [2.05, 4.69) is 31.1 Å². The fourth-order valence-electron chi connectivity index (χ4n) is 1.77. The first-order valence-electron chi connectivity index (χ1n) is 6.80. The monoisotopic (exact) mass is 304 g/mol. The Bertz CT molecular complexity index is 612. The van der Waals surface area contributed by atoms with Gasteiger partial charge in [0.15, 0.2) is 11.7 Å². The minimum absolute atomic E-state index is 0.0203. The highest BCUT2D eigenvalue weighted by atomic mass is 32.1. The van der Waals surface area contributed by atoms with Crippen LogP contribution in [0.5, 0.6) is 5.75 Å². The molecule has 1 amide bonds. The van der Waals surface area contributed by atoms with E-state index in [0.29, 0.717) is 10.9 Å².